The quantitative estimate of drug-likeness (QED) is 0.748. The van der Waals surface area contributed by atoms with Gasteiger partial charge < -0.3 is 15.2 Å². The maximum absolute atomic E-state index is 5.91. The van der Waals surface area contributed by atoms with Gasteiger partial charge in [0, 0.05) is 35.6 Å². The minimum atomic E-state index is 0.671. The van der Waals surface area contributed by atoms with Crippen LogP contribution in [0.15, 0.2) is 34.9 Å². The first-order chi connectivity index (χ1) is 10.0. The molecule has 2 aromatic heterocycles. The Balaban J connectivity index is 2.03. The molecule has 3 rings (SSSR count). The van der Waals surface area contributed by atoms with Crippen LogP contribution in [-0.2, 0) is 6.54 Å². The van der Waals surface area contributed by atoms with Gasteiger partial charge in [-0.3, -0.25) is 4.98 Å². The van der Waals surface area contributed by atoms with Gasteiger partial charge in [-0.1, -0.05) is 5.16 Å². The minimum absolute atomic E-state index is 0.671. The van der Waals surface area contributed by atoms with Crippen LogP contribution >= 0.6 is 0 Å². The van der Waals surface area contributed by atoms with Gasteiger partial charge in [0.05, 0.1) is 12.1 Å². The fraction of sp³-hybridized carbons (Fsp3) is 0.250. The summed E-state index contributed by atoms with van der Waals surface area (Å²) in [5, 5.41) is 5.09. The lowest BCUT2D eigenvalue weighted by Gasteiger charge is -2.20. The number of nitrogen functional groups attached to an aromatic ring is 1. The molecule has 0 bridgehead atoms. The standard InChI is InChI=1S/C16H18N4O/c1-10-6-16(14-8-12(17)4-5-15(14)18-10)20(3)9-13-7-11(2)21-19-13/h4-8H,9,17H2,1-3H3. The van der Waals surface area contributed by atoms with E-state index in [1.165, 1.54) is 0 Å². The van der Waals surface area contributed by atoms with Gasteiger partial charge in [-0.15, -0.1) is 0 Å². The molecule has 0 saturated heterocycles. The van der Waals surface area contributed by atoms with Gasteiger partial charge in [-0.2, -0.15) is 0 Å². The van der Waals surface area contributed by atoms with E-state index < -0.39 is 0 Å². The molecule has 0 aliphatic carbocycles. The summed E-state index contributed by atoms with van der Waals surface area (Å²) >= 11 is 0. The van der Waals surface area contributed by atoms with Crippen molar-refractivity contribution < 1.29 is 4.52 Å². The molecule has 0 radical (unpaired) electrons. The zero-order chi connectivity index (χ0) is 15.0. The first-order valence-electron chi connectivity index (χ1n) is 6.83. The average Bonchev–Trinajstić information content (AvgIpc) is 2.83. The lowest BCUT2D eigenvalue weighted by Crippen LogP contribution is -2.17. The molecule has 5 nitrogen and oxygen atoms in total. The molecule has 0 atom stereocenters. The van der Waals surface area contributed by atoms with E-state index in [0.29, 0.717) is 6.54 Å². The third-order valence-corrected chi connectivity index (χ3v) is 3.43. The number of fused-ring (bicyclic) bond motifs is 1. The highest BCUT2D eigenvalue weighted by molar-refractivity contribution is 5.93. The number of nitrogens with zero attached hydrogens (tertiary/aromatic N) is 3. The van der Waals surface area contributed by atoms with Crippen LogP contribution in [0, 0.1) is 13.8 Å². The average molecular weight is 282 g/mol. The van der Waals surface area contributed by atoms with Crippen molar-refractivity contribution in [3.8, 4) is 0 Å². The Bertz CT molecular complexity index is 794. The molecule has 0 unspecified atom stereocenters. The van der Waals surface area contributed by atoms with Crippen molar-refractivity contribution >= 4 is 22.3 Å². The van der Waals surface area contributed by atoms with E-state index in [2.05, 4.69) is 21.1 Å². The number of benzene rings is 1. The zero-order valence-corrected chi connectivity index (χ0v) is 12.4. The van der Waals surface area contributed by atoms with E-state index in [-0.39, 0.29) is 0 Å². The van der Waals surface area contributed by atoms with Gasteiger partial charge in [-0.25, -0.2) is 0 Å². The third-order valence-electron chi connectivity index (χ3n) is 3.43. The summed E-state index contributed by atoms with van der Waals surface area (Å²) < 4.78 is 5.12. The molecule has 0 saturated carbocycles. The molecule has 0 fully saturated rings. The summed E-state index contributed by atoms with van der Waals surface area (Å²) in [7, 11) is 2.03. The van der Waals surface area contributed by atoms with Gasteiger partial charge in [-0.05, 0) is 38.1 Å². The highest BCUT2D eigenvalue weighted by Crippen LogP contribution is 2.28. The number of nitrogens with two attached hydrogens (primary N) is 1. The molecule has 21 heavy (non-hydrogen) atoms. The van der Waals surface area contributed by atoms with Crippen LogP contribution < -0.4 is 10.6 Å². The lowest BCUT2D eigenvalue weighted by atomic mass is 10.1. The zero-order valence-electron chi connectivity index (χ0n) is 12.4. The van der Waals surface area contributed by atoms with E-state index >= 15 is 0 Å². The van der Waals surface area contributed by atoms with Gasteiger partial charge in [0.2, 0.25) is 0 Å². The number of hydrogen-bond donors (Lipinski definition) is 1. The van der Waals surface area contributed by atoms with Gasteiger partial charge in [0.15, 0.2) is 0 Å². The van der Waals surface area contributed by atoms with Gasteiger partial charge >= 0.3 is 0 Å². The molecule has 2 heterocycles. The fourth-order valence-corrected chi connectivity index (χ4v) is 2.49. The smallest absolute Gasteiger partial charge is 0.133 e. The van der Waals surface area contributed by atoms with E-state index in [1.54, 1.807) is 0 Å². The second-order valence-electron chi connectivity index (χ2n) is 5.34. The fourth-order valence-electron chi connectivity index (χ4n) is 2.49. The van der Waals surface area contributed by atoms with Crippen molar-refractivity contribution in [2.75, 3.05) is 17.7 Å². The first-order valence-corrected chi connectivity index (χ1v) is 6.83. The molecule has 5 heteroatoms. The highest BCUT2D eigenvalue weighted by Gasteiger charge is 2.11. The van der Waals surface area contributed by atoms with Crippen molar-refractivity contribution in [1.82, 2.24) is 10.1 Å². The van der Waals surface area contributed by atoms with Crippen molar-refractivity contribution in [3.05, 3.63) is 47.5 Å². The second-order valence-corrected chi connectivity index (χ2v) is 5.34. The number of aromatic nitrogens is 2. The van der Waals surface area contributed by atoms with Gasteiger partial charge in [0.1, 0.15) is 11.5 Å². The predicted molar refractivity (Wildman–Crippen MR) is 84.2 cm³/mol. The molecular formula is C16H18N4O. The van der Waals surface area contributed by atoms with E-state index in [1.807, 2.05) is 45.2 Å². The third kappa shape index (κ3) is 2.67. The van der Waals surface area contributed by atoms with E-state index in [9.17, 15) is 0 Å². The van der Waals surface area contributed by atoms with Crippen LogP contribution in [-0.4, -0.2) is 17.2 Å². The van der Waals surface area contributed by atoms with Crippen molar-refractivity contribution in [2.45, 2.75) is 20.4 Å². The second kappa shape index (κ2) is 5.09. The molecule has 0 aliphatic rings. The van der Waals surface area contributed by atoms with Gasteiger partial charge in [0.25, 0.3) is 0 Å². The number of hydrogen-bond acceptors (Lipinski definition) is 5. The highest BCUT2D eigenvalue weighted by atomic mass is 16.5. The maximum Gasteiger partial charge on any atom is 0.133 e. The van der Waals surface area contributed by atoms with Crippen molar-refractivity contribution in [2.24, 2.45) is 0 Å². The summed E-state index contributed by atoms with van der Waals surface area (Å²) in [6.07, 6.45) is 0. The molecule has 0 amide bonds. The van der Waals surface area contributed by atoms with Crippen LogP contribution in [0.25, 0.3) is 10.9 Å². The Morgan fingerprint density at radius 3 is 2.71 bits per heavy atom. The van der Waals surface area contributed by atoms with Crippen molar-refractivity contribution in [1.29, 1.82) is 0 Å². The number of rotatable bonds is 3. The molecule has 3 aromatic rings. The number of aryl methyl sites for hydroxylation is 2. The summed E-state index contributed by atoms with van der Waals surface area (Å²) in [5.74, 6) is 0.818. The molecule has 2 N–H and O–H groups in total. The SMILES string of the molecule is Cc1cc(N(C)Cc2cc(C)on2)c2cc(N)ccc2n1. The molecule has 1 aromatic carbocycles. The van der Waals surface area contributed by atoms with Crippen LogP contribution in [0.1, 0.15) is 17.1 Å². The number of anilines is 2. The number of pyridine rings is 1. The Morgan fingerprint density at radius 2 is 2.00 bits per heavy atom. The molecular weight excluding hydrogens is 264 g/mol. The Kier molecular flexibility index (Phi) is 3.25. The minimum Gasteiger partial charge on any atom is -0.399 e. The normalized spacial score (nSPS) is 11.0. The maximum atomic E-state index is 5.91. The van der Waals surface area contributed by atoms with E-state index in [0.717, 1.165) is 39.4 Å². The lowest BCUT2D eigenvalue weighted by molar-refractivity contribution is 0.390. The van der Waals surface area contributed by atoms with Crippen molar-refractivity contribution in [3.63, 3.8) is 0 Å². The van der Waals surface area contributed by atoms with Crippen LogP contribution in [0.2, 0.25) is 0 Å². The van der Waals surface area contributed by atoms with Crippen LogP contribution in [0.4, 0.5) is 11.4 Å². The molecule has 0 spiro atoms. The predicted octanol–water partition coefficient (Wildman–Crippen LogP) is 3.06. The summed E-state index contributed by atoms with van der Waals surface area (Å²) in [6.45, 7) is 4.56. The Morgan fingerprint density at radius 1 is 1.19 bits per heavy atom. The first kappa shape index (κ1) is 13.4. The summed E-state index contributed by atoms with van der Waals surface area (Å²) in [4.78, 5) is 6.69. The molecule has 108 valence electrons. The monoisotopic (exact) mass is 282 g/mol. The molecule has 0 aliphatic heterocycles. The Labute approximate surface area is 123 Å². The van der Waals surface area contributed by atoms with Crippen LogP contribution in [0.3, 0.4) is 0 Å². The Hall–Kier alpha value is -2.56. The largest absolute Gasteiger partial charge is 0.399 e. The summed E-state index contributed by atoms with van der Waals surface area (Å²) in [6, 6.07) is 9.80. The van der Waals surface area contributed by atoms with E-state index in [4.69, 9.17) is 10.3 Å². The topological polar surface area (TPSA) is 68.2 Å². The van der Waals surface area contributed by atoms with Crippen LogP contribution in [0.5, 0.6) is 0 Å². The summed E-state index contributed by atoms with van der Waals surface area (Å²) in [5.41, 5.74) is 10.6.